The van der Waals surface area contributed by atoms with Gasteiger partial charge in [0.05, 0.1) is 36.5 Å². The molecule has 0 fully saturated rings. The van der Waals surface area contributed by atoms with Gasteiger partial charge in [-0.05, 0) is 31.5 Å². The molecule has 4 aromatic rings. The number of hydrogen-bond donors (Lipinski definition) is 1. The molecule has 0 saturated carbocycles. The van der Waals surface area contributed by atoms with E-state index in [0.29, 0.717) is 53.2 Å². The van der Waals surface area contributed by atoms with Gasteiger partial charge in [0.2, 0.25) is 11.8 Å². The molecule has 4 aromatic heterocycles. The quantitative estimate of drug-likeness (QED) is 0.401. The van der Waals surface area contributed by atoms with E-state index in [1.54, 1.807) is 36.6 Å². The van der Waals surface area contributed by atoms with E-state index in [-0.39, 0.29) is 6.61 Å². The molecule has 1 N–H and O–H groups in total. The second-order valence-electron chi connectivity index (χ2n) is 7.79. The predicted octanol–water partition coefficient (Wildman–Crippen LogP) is 3.26. The molecule has 0 unspecified atom stereocenters. The van der Waals surface area contributed by atoms with Crippen molar-refractivity contribution in [2.45, 2.75) is 13.3 Å². The van der Waals surface area contributed by atoms with Crippen LogP contribution >= 0.6 is 0 Å². The summed E-state index contributed by atoms with van der Waals surface area (Å²) in [5, 5.41) is 13.3. The number of aromatic nitrogens is 6. The standard InChI is InChI=1S/C24H27N7O3/c1-16-22(34-19-10-17(11-25-13-19)18-12-27-31(3)15-18)7-6-21(28-16)20-14-26-24(29-23(20)33-4)30(2)8-5-9-32/h6-7,10-15,32H,5,8-9H2,1-4H3. The molecule has 0 aromatic carbocycles. The van der Waals surface area contributed by atoms with Crippen molar-refractivity contribution in [1.29, 1.82) is 0 Å². The van der Waals surface area contributed by atoms with Crippen molar-refractivity contribution in [2.24, 2.45) is 7.05 Å². The van der Waals surface area contributed by atoms with Crippen LogP contribution in [0, 0.1) is 6.92 Å². The first-order chi connectivity index (χ1) is 16.5. The fourth-order valence-corrected chi connectivity index (χ4v) is 3.42. The highest BCUT2D eigenvalue weighted by molar-refractivity contribution is 5.66. The number of aryl methyl sites for hydroxylation is 2. The summed E-state index contributed by atoms with van der Waals surface area (Å²) in [4.78, 5) is 19.8. The Morgan fingerprint density at radius 2 is 1.94 bits per heavy atom. The van der Waals surface area contributed by atoms with Crippen molar-refractivity contribution in [1.82, 2.24) is 29.7 Å². The minimum atomic E-state index is 0.112. The first kappa shape index (κ1) is 23.1. The number of aliphatic hydroxyl groups excluding tert-OH is 1. The van der Waals surface area contributed by atoms with Crippen molar-refractivity contribution >= 4 is 5.95 Å². The van der Waals surface area contributed by atoms with Gasteiger partial charge in [-0.25, -0.2) is 9.97 Å². The number of pyridine rings is 2. The van der Waals surface area contributed by atoms with Gasteiger partial charge in [-0.1, -0.05) is 0 Å². The Morgan fingerprint density at radius 3 is 2.65 bits per heavy atom. The summed E-state index contributed by atoms with van der Waals surface area (Å²) >= 11 is 0. The Morgan fingerprint density at radius 1 is 1.09 bits per heavy atom. The smallest absolute Gasteiger partial charge is 0.228 e. The van der Waals surface area contributed by atoms with Gasteiger partial charge in [-0.3, -0.25) is 9.67 Å². The molecule has 4 rings (SSSR count). The summed E-state index contributed by atoms with van der Waals surface area (Å²) < 4.78 is 13.3. The zero-order chi connectivity index (χ0) is 24.1. The van der Waals surface area contributed by atoms with Crippen LogP contribution in [-0.4, -0.2) is 62.1 Å². The molecule has 10 heteroatoms. The number of ether oxygens (including phenoxy) is 2. The highest BCUT2D eigenvalue weighted by atomic mass is 16.5. The number of nitrogens with zero attached hydrogens (tertiary/aromatic N) is 7. The van der Waals surface area contributed by atoms with Crippen molar-refractivity contribution in [3.05, 3.63) is 54.9 Å². The summed E-state index contributed by atoms with van der Waals surface area (Å²) in [7, 11) is 5.31. The zero-order valence-corrected chi connectivity index (χ0v) is 19.6. The first-order valence-electron chi connectivity index (χ1n) is 10.8. The fourth-order valence-electron chi connectivity index (χ4n) is 3.42. The largest absolute Gasteiger partial charge is 0.480 e. The molecule has 0 radical (unpaired) electrons. The molecule has 0 aliphatic carbocycles. The molecule has 0 aliphatic rings. The van der Waals surface area contributed by atoms with Gasteiger partial charge < -0.3 is 19.5 Å². The van der Waals surface area contributed by atoms with Gasteiger partial charge in [0.25, 0.3) is 0 Å². The van der Waals surface area contributed by atoms with Crippen LogP contribution in [0.3, 0.4) is 0 Å². The molecule has 0 atom stereocenters. The molecule has 10 nitrogen and oxygen atoms in total. The number of hydrogen-bond acceptors (Lipinski definition) is 9. The molecular formula is C24H27N7O3. The van der Waals surface area contributed by atoms with Gasteiger partial charge in [0.1, 0.15) is 11.5 Å². The average molecular weight is 462 g/mol. The molecule has 0 amide bonds. The third-order valence-corrected chi connectivity index (χ3v) is 5.22. The van der Waals surface area contributed by atoms with Crippen LogP contribution in [0.4, 0.5) is 5.95 Å². The van der Waals surface area contributed by atoms with Crippen LogP contribution in [0.2, 0.25) is 0 Å². The molecule has 34 heavy (non-hydrogen) atoms. The molecule has 0 aliphatic heterocycles. The second-order valence-corrected chi connectivity index (χ2v) is 7.79. The number of rotatable bonds is 9. The molecule has 0 spiro atoms. The second kappa shape index (κ2) is 10.3. The Kier molecular flexibility index (Phi) is 6.98. The topological polar surface area (TPSA) is 111 Å². The van der Waals surface area contributed by atoms with E-state index >= 15 is 0 Å². The fraction of sp³-hybridized carbons (Fsp3) is 0.292. The summed E-state index contributed by atoms with van der Waals surface area (Å²) in [6, 6.07) is 5.62. The van der Waals surface area contributed by atoms with Crippen LogP contribution in [0.1, 0.15) is 12.1 Å². The number of methoxy groups -OCH3 is 1. The maximum Gasteiger partial charge on any atom is 0.228 e. The van der Waals surface area contributed by atoms with E-state index in [0.717, 1.165) is 11.1 Å². The van der Waals surface area contributed by atoms with E-state index in [1.807, 2.05) is 50.3 Å². The van der Waals surface area contributed by atoms with Gasteiger partial charge in [0, 0.05) is 57.0 Å². The molecular weight excluding hydrogens is 434 g/mol. The van der Waals surface area contributed by atoms with E-state index in [2.05, 4.69) is 20.1 Å². The predicted molar refractivity (Wildman–Crippen MR) is 128 cm³/mol. The van der Waals surface area contributed by atoms with Gasteiger partial charge in [0.15, 0.2) is 0 Å². The van der Waals surface area contributed by atoms with Crippen LogP contribution in [0.5, 0.6) is 17.4 Å². The molecule has 4 heterocycles. The van der Waals surface area contributed by atoms with Gasteiger partial charge in [-0.15, -0.1) is 0 Å². The normalized spacial score (nSPS) is 10.9. The van der Waals surface area contributed by atoms with E-state index in [4.69, 9.17) is 19.6 Å². The van der Waals surface area contributed by atoms with Crippen molar-refractivity contribution in [3.63, 3.8) is 0 Å². The number of aliphatic hydroxyl groups is 1. The molecule has 176 valence electrons. The SMILES string of the molecule is COc1nc(N(C)CCCO)ncc1-c1ccc(Oc2cncc(-c3cnn(C)c3)c2)c(C)n1. The summed E-state index contributed by atoms with van der Waals surface area (Å²) in [6.07, 6.45) is 9.47. The maximum atomic E-state index is 9.05. The monoisotopic (exact) mass is 461 g/mol. The first-order valence-corrected chi connectivity index (χ1v) is 10.8. The summed E-state index contributed by atoms with van der Waals surface area (Å²) in [6.45, 7) is 2.63. The Bertz CT molecular complexity index is 1280. The zero-order valence-electron chi connectivity index (χ0n) is 19.6. The minimum Gasteiger partial charge on any atom is -0.480 e. The average Bonchev–Trinajstić information content (AvgIpc) is 3.30. The lowest BCUT2D eigenvalue weighted by Gasteiger charge is -2.18. The van der Waals surface area contributed by atoms with Crippen molar-refractivity contribution < 1.29 is 14.6 Å². The van der Waals surface area contributed by atoms with Gasteiger partial charge in [-0.2, -0.15) is 10.1 Å². The Hall–Kier alpha value is -4.05. The van der Waals surface area contributed by atoms with Gasteiger partial charge >= 0.3 is 0 Å². The lowest BCUT2D eigenvalue weighted by molar-refractivity contribution is 0.290. The Balaban J connectivity index is 1.56. The summed E-state index contributed by atoms with van der Waals surface area (Å²) in [5.74, 6) is 2.17. The maximum absolute atomic E-state index is 9.05. The van der Waals surface area contributed by atoms with Crippen molar-refractivity contribution in [2.75, 3.05) is 32.2 Å². The number of anilines is 1. The third-order valence-electron chi connectivity index (χ3n) is 5.22. The van der Waals surface area contributed by atoms with Crippen LogP contribution in [0.25, 0.3) is 22.4 Å². The molecule has 0 saturated heterocycles. The highest BCUT2D eigenvalue weighted by Crippen LogP contribution is 2.32. The third kappa shape index (κ3) is 5.12. The van der Waals surface area contributed by atoms with Crippen LogP contribution in [-0.2, 0) is 7.05 Å². The van der Waals surface area contributed by atoms with E-state index in [1.165, 1.54) is 0 Å². The Labute approximate surface area is 197 Å². The van der Waals surface area contributed by atoms with Crippen molar-refractivity contribution in [3.8, 4) is 39.8 Å². The van der Waals surface area contributed by atoms with Crippen LogP contribution in [0.15, 0.2) is 49.2 Å². The van der Waals surface area contributed by atoms with E-state index < -0.39 is 0 Å². The minimum absolute atomic E-state index is 0.112. The molecule has 0 bridgehead atoms. The highest BCUT2D eigenvalue weighted by Gasteiger charge is 2.15. The summed E-state index contributed by atoms with van der Waals surface area (Å²) in [5.41, 5.74) is 3.93. The lowest BCUT2D eigenvalue weighted by atomic mass is 10.1. The lowest BCUT2D eigenvalue weighted by Crippen LogP contribution is -2.22. The van der Waals surface area contributed by atoms with Crippen LogP contribution < -0.4 is 14.4 Å². The van der Waals surface area contributed by atoms with E-state index in [9.17, 15) is 0 Å².